The fourth-order valence-electron chi connectivity index (χ4n) is 2.22. The number of benzene rings is 1. The Balaban J connectivity index is 2.19. The molecule has 112 valence electrons. The Morgan fingerprint density at radius 2 is 1.76 bits per heavy atom. The number of carbonyl (C=O) groups is 2. The summed E-state index contributed by atoms with van der Waals surface area (Å²) in [7, 11) is 0. The molecule has 0 fully saturated rings. The molecule has 0 aromatic heterocycles. The van der Waals surface area contributed by atoms with E-state index in [2.05, 4.69) is 21.2 Å². The van der Waals surface area contributed by atoms with Crippen molar-refractivity contribution in [2.24, 2.45) is 11.8 Å². The third-order valence-electron chi connectivity index (χ3n) is 3.35. The number of carbonyl (C=O) groups excluding carboxylic acids is 1. The lowest BCUT2D eigenvalue weighted by molar-refractivity contribution is -0.146. The Kier molecular flexibility index (Phi) is 4.72. The minimum atomic E-state index is -1.08. The third kappa shape index (κ3) is 3.47. The van der Waals surface area contributed by atoms with Gasteiger partial charge in [0, 0.05) is 6.07 Å². The van der Waals surface area contributed by atoms with Gasteiger partial charge in [-0.05, 0) is 34.8 Å². The van der Waals surface area contributed by atoms with Crippen LogP contribution >= 0.6 is 15.9 Å². The largest absolute Gasteiger partial charge is 0.481 e. The molecule has 0 bridgehead atoms. The summed E-state index contributed by atoms with van der Waals surface area (Å²) in [6.07, 6.45) is 3.90. The molecule has 21 heavy (non-hydrogen) atoms. The SMILES string of the molecule is O=C(O)[C@H]1CC=CC[C@H]1C(=O)Nc1cc(F)c(Br)cc1F. The van der Waals surface area contributed by atoms with Crippen molar-refractivity contribution in [1.29, 1.82) is 0 Å². The number of rotatable bonds is 3. The molecule has 4 nitrogen and oxygen atoms in total. The average molecular weight is 360 g/mol. The van der Waals surface area contributed by atoms with Gasteiger partial charge in [-0.2, -0.15) is 0 Å². The quantitative estimate of drug-likeness (QED) is 0.642. The van der Waals surface area contributed by atoms with E-state index < -0.39 is 35.3 Å². The number of allylic oxidation sites excluding steroid dienone is 2. The number of carboxylic acids is 1. The molecule has 0 aliphatic heterocycles. The van der Waals surface area contributed by atoms with Crippen molar-refractivity contribution >= 4 is 33.5 Å². The molecule has 2 rings (SSSR count). The van der Waals surface area contributed by atoms with Crippen LogP contribution in [0.5, 0.6) is 0 Å². The van der Waals surface area contributed by atoms with Crippen LogP contribution in [0.2, 0.25) is 0 Å². The van der Waals surface area contributed by atoms with Gasteiger partial charge in [0.05, 0.1) is 22.0 Å². The van der Waals surface area contributed by atoms with Crippen LogP contribution in [0.3, 0.4) is 0 Å². The van der Waals surface area contributed by atoms with E-state index in [1.165, 1.54) is 0 Å². The summed E-state index contributed by atoms with van der Waals surface area (Å²) >= 11 is 2.84. The normalized spacial score (nSPS) is 21.1. The predicted molar refractivity (Wildman–Crippen MR) is 75.7 cm³/mol. The van der Waals surface area contributed by atoms with E-state index in [4.69, 9.17) is 5.11 Å². The highest BCUT2D eigenvalue weighted by molar-refractivity contribution is 9.10. The maximum atomic E-state index is 13.7. The summed E-state index contributed by atoms with van der Waals surface area (Å²) in [5.41, 5.74) is -0.306. The summed E-state index contributed by atoms with van der Waals surface area (Å²) in [4.78, 5) is 23.3. The highest BCUT2D eigenvalue weighted by Gasteiger charge is 2.34. The van der Waals surface area contributed by atoms with Crippen LogP contribution in [-0.4, -0.2) is 17.0 Å². The zero-order valence-corrected chi connectivity index (χ0v) is 12.4. The Morgan fingerprint density at radius 1 is 1.14 bits per heavy atom. The number of amides is 1. The van der Waals surface area contributed by atoms with Gasteiger partial charge < -0.3 is 10.4 Å². The Bertz CT molecular complexity index is 618. The smallest absolute Gasteiger partial charge is 0.307 e. The highest BCUT2D eigenvalue weighted by atomic mass is 79.9. The van der Waals surface area contributed by atoms with Gasteiger partial charge in [-0.15, -0.1) is 0 Å². The lowest BCUT2D eigenvalue weighted by Gasteiger charge is -2.24. The molecular formula is C14H12BrF2NO3. The Morgan fingerprint density at radius 3 is 2.38 bits per heavy atom. The number of aliphatic carboxylic acids is 1. The van der Waals surface area contributed by atoms with Crippen LogP contribution in [0.1, 0.15) is 12.8 Å². The zero-order valence-electron chi connectivity index (χ0n) is 10.8. The molecule has 0 saturated heterocycles. The van der Waals surface area contributed by atoms with Gasteiger partial charge in [0.2, 0.25) is 5.91 Å². The summed E-state index contributed by atoms with van der Waals surface area (Å²) in [6, 6.07) is 1.76. The maximum absolute atomic E-state index is 13.7. The number of hydrogen-bond acceptors (Lipinski definition) is 2. The van der Waals surface area contributed by atoms with E-state index >= 15 is 0 Å². The van der Waals surface area contributed by atoms with Crippen molar-refractivity contribution in [2.45, 2.75) is 12.8 Å². The van der Waals surface area contributed by atoms with Gasteiger partial charge in [-0.3, -0.25) is 9.59 Å². The number of nitrogens with one attached hydrogen (secondary N) is 1. The maximum Gasteiger partial charge on any atom is 0.307 e. The van der Waals surface area contributed by atoms with Crippen molar-refractivity contribution in [3.8, 4) is 0 Å². The fourth-order valence-corrected chi connectivity index (χ4v) is 2.54. The van der Waals surface area contributed by atoms with Crippen LogP contribution < -0.4 is 5.32 Å². The lowest BCUT2D eigenvalue weighted by atomic mass is 9.82. The fraction of sp³-hybridized carbons (Fsp3) is 0.286. The van der Waals surface area contributed by atoms with Gasteiger partial charge in [-0.1, -0.05) is 12.2 Å². The number of carboxylic acid groups (broad SMARTS) is 1. The topological polar surface area (TPSA) is 66.4 Å². The molecule has 0 radical (unpaired) electrons. The standard InChI is InChI=1S/C14H12BrF2NO3/c15-9-5-11(17)12(6-10(9)16)18-13(19)7-3-1-2-4-8(7)14(20)21/h1-2,5-8H,3-4H2,(H,18,19)(H,20,21)/t7-,8+/m1/s1. The minimum Gasteiger partial charge on any atom is -0.481 e. The van der Waals surface area contributed by atoms with Gasteiger partial charge in [-0.25, -0.2) is 8.78 Å². The van der Waals surface area contributed by atoms with E-state index in [0.29, 0.717) is 0 Å². The van der Waals surface area contributed by atoms with E-state index in [0.717, 1.165) is 12.1 Å². The molecule has 1 aromatic carbocycles. The van der Waals surface area contributed by atoms with Crippen LogP contribution in [0.25, 0.3) is 0 Å². The molecule has 0 heterocycles. The molecule has 1 amide bonds. The molecule has 0 saturated carbocycles. The summed E-state index contributed by atoms with van der Waals surface area (Å²) in [5.74, 6) is -4.90. The molecule has 0 spiro atoms. The van der Waals surface area contributed by atoms with Gasteiger partial charge >= 0.3 is 5.97 Å². The first-order valence-corrected chi connectivity index (χ1v) is 7.02. The van der Waals surface area contributed by atoms with Gasteiger partial charge in [0.25, 0.3) is 0 Å². The second kappa shape index (κ2) is 6.34. The zero-order chi connectivity index (χ0) is 15.6. The van der Waals surface area contributed by atoms with Crippen LogP contribution in [-0.2, 0) is 9.59 Å². The minimum absolute atomic E-state index is 0.0537. The van der Waals surface area contributed by atoms with Crippen molar-refractivity contribution in [2.75, 3.05) is 5.32 Å². The van der Waals surface area contributed by atoms with Gasteiger partial charge in [0.15, 0.2) is 0 Å². The van der Waals surface area contributed by atoms with E-state index in [9.17, 15) is 18.4 Å². The first-order valence-electron chi connectivity index (χ1n) is 6.23. The van der Waals surface area contributed by atoms with Crippen LogP contribution in [0, 0.1) is 23.5 Å². The number of hydrogen-bond donors (Lipinski definition) is 2. The molecule has 2 N–H and O–H groups in total. The first-order chi connectivity index (χ1) is 9.90. The highest BCUT2D eigenvalue weighted by Crippen LogP contribution is 2.29. The van der Waals surface area contributed by atoms with E-state index in [1.54, 1.807) is 12.2 Å². The van der Waals surface area contributed by atoms with Crippen molar-refractivity contribution < 1.29 is 23.5 Å². The third-order valence-corrected chi connectivity index (χ3v) is 3.96. The Labute approximate surface area is 128 Å². The van der Waals surface area contributed by atoms with Crippen molar-refractivity contribution in [3.63, 3.8) is 0 Å². The van der Waals surface area contributed by atoms with E-state index in [1.807, 2.05) is 0 Å². The predicted octanol–water partition coefficient (Wildman–Crippen LogP) is 3.33. The van der Waals surface area contributed by atoms with Crippen molar-refractivity contribution in [1.82, 2.24) is 0 Å². The molecule has 0 unspecified atom stereocenters. The molecule has 2 atom stereocenters. The van der Waals surface area contributed by atoms with Crippen LogP contribution in [0.4, 0.5) is 14.5 Å². The summed E-state index contributed by atoms with van der Waals surface area (Å²) < 4.78 is 27.0. The summed E-state index contributed by atoms with van der Waals surface area (Å²) in [6.45, 7) is 0. The lowest BCUT2D eigenvalue weighted by Crippen LogP contribution is -2.34. The van der Waals surface area contributed by atoms with Crippen LogP contribution in [0.15, 0.2) is 28.8 Å². The molecule has 1 aliphatic carbocycles. The second-order valence-corrected chi connectivity index (χ2v) is 5.58. The number of halogens is 3. The Hall–Kier alpha value is -1.76. The van der Waals surface area contributed by atoms with Crippen molar-refractivity contribution in [3.05, 3.63) is 40.4 Å². The second-order valence-electron chi connectivity index (χ2n) is 4.73. The molecule has 1 aromatic rings. The monoisotopic (exact) mass is 359 g/mol. The molecular weight excluding hydrogens is 348 g/mol. The van der Waals surface area contributed by atoms with Gasteiger partial charge in [0.1, 0.15) is 11.6 Å². The number of anilines is 1. The molecule has 7 heteroatoms. The average Bonchev–Trinajstić information content (AvgIpc) is 2.44. The molecule has 1 aliphatic rings. The summed E-state index contributed by atoms with van der Waals surface area (Å²) in [5, 5.41) is 11.4. The van der Waals surface area contributed by atoms with E-state index in [-0.39, 0.29) is 23.0 Å². The first kappa shape index (κ1) is 15.6.